The zero-order valence-corrected chi connectivity index (χ0v) is 7.19. The van der Waals surface area contributed by atoms with Gasteiger partial charge in [-0.2, -0.15) is 0 Å². The molecular formula is C8H10N2O3. The van der Waals surface area contributed by atoms with Crippen molar-refractivity contribution in [2.75, 3.05) is 7.11 Å². The third-order valence-electron chi connectivity index (χ3n) is 1.66. The van der Waals surface area contributed by atoms with Crippen molar-refractivity contribution in [3.63, 3.8) is 0 Å². The number of hydrogen-bond acceptors (Lipinski definition) is 4. The van der Waals surface area contributed by atoms with Gasteiger partial charge in [0.1, 0.15) is 12.2 Å². The van der Waals surface area contributed by atoms with Gasteiger partial charge in [-0.05, 0) is 0 Å². The minimum atomic E-state index is -0.745. The van der Waals surface area contributed by atoms with Crippen LogP contribution in [-0.2, 0) is 20.7 Å². The summed E-state index contributed by atoms with van der Waals surface area (Å²) >= 11 is 0. The van der Waals surface area contributed by atoms with Crippen molar-refractivity contribution in [2.45, 2.75) is 6.42 Å². The summed E-state index contributed by atoms with van der Waals surface area (Å²) in [7, 11) is 1.26. The molecule has 0 aliphatic rings. The molecule has 0 spiro atoms. The molecule has 5 heteroatoms. The van der Waals surface area contributed by atoms with Gasteiger partial charge in [-0.1, -0.05) is 0 Å². The molecule has 0 aromatic carbocycles. The third kappa shape index (κ3) is 2.40. The van der Waals surface area contributed by atoms with E-state index in [4.69, 9.17) is 0 Å². The number of imidazole rings is 1. The first-order valence-electron chi connectivity index (χ1n) is 3.78. The molecule has 70 valence electrons. The lowest BCUT2D eigenvalue weighted by Gasteiger charge is -2.05. The third-order valence-corrected chi connectivity index (χ3v) is 1.66. The summed E-state index contributed by atoms with van der Waals surface area (Å²) in [6, 6.07) is 0. The molecular weight excluding hydrogens is 172 g/mol. The number of nitrogens with zero attached hydrogens (tertiary/aromatic N) is 1. The van der Waals surface area contributed by atoms with Crippen molar-refractivity contribution in [1.29, 1.82) is 0 Å². The van der Waals surface area contributed by atoms with Crippen molar-refractivity contribution in [1.82, 2.24) is 9.97 Å². The van der Waals surface area contributed by atoms with Gasteiger partial charge in [-0.15, -0.1) is 0 Å². The topological polar surface area (TPSA) is 72.1 Å². The maximum absolute atomic E-state index is 11.0. The Morgan fingerprint density at radius 3 is 3.08 bits per heavy atom. The van der Waals surface area contributed by atoms with Crippen LogP contribution in [-0.4, -0.2) is 29.3 Å². The number of H-pyrrole nitrogens is 1. The van der Waals surface area contributed by atoms with Crippen LogP contribution in [0.25, 0.3) is 0 Å². The molecule has 0 saturated heterocycles. The molecule has 0 unspecified atom stereocenters. The van der Waals surface area contributed by atoms with Crippen LogP contribution >= 0.6 is 0 Å². The normalized spacial score (nSPS) is 12.1. The molecule has 1 atom stereocenters. The predicted octanol–water partition coefficient (Wildman–Crippen LogP) is -0.0597. The van der Waals surface area contributed by atoms with Gasteiger partial charge in [0, 0.05) is 18.3 Å². The van der Waals surface area contributed by atoms with E-state index in [0.29, 0.717) is 12.7 Å². The molecule has 0 radical (unpaired) electrons. The average Bonchev–Trinajstić information content (AvgIpc) is 2.65. The summed E-state index contributed by atoms with van der Waals surface area (Å²) in [5.74, 6) is -1.27. The Bertz CT molecular complexity index is 282. The van der Waals surface area contributed by atoms with Crippen LogP contribution < -0.4 is 0 Å². The Hall–Kier alpha value is -1.65. The van der Waals surface area contributed by atoms with Gasteiger partial charge >= 0.3 is 5.97 Å². The van der Waals surface area contributed by atoms with Crippen LogP contribution in [0.5, 0.6) is 0 Å². The van der Waals surface area contributed by atoms with Crippen molar-refractivity contribution in [3.8, 4) is 0 Å². The van der Waals surface area contributed by atoms with Crippen LogP contribution in [0.4, 0.5) is 0 Å². The number of rotatable bonds is 4. The Balaban J connectivity index is 2.59. The van der Waals surface area contributed by atoms with Gasteiger partial charge < -0.3 is 14.5 Å². The lowest BCUT2D eigenvalue weighted by molar-refractivity contribution is -0.146. The molecule has 0 amide bonds. The number of aldehydes is 1. The molecule has 1 rings (SSSR count). The Morgan fingerprint density at radius 2 is 2.62 bits per heavy atom. The highest BCUT2D eigenvalue weighted by atomic mass is 16.5. The van der Waals surface area contributed by atoms with Crippen LogP contribution in [0.2, 0.25) is 0 Å². The van der Waals surface area contributed by atoms with E-state index in [1.165, 1.54) is 13.4 Å². The summed E-state index contributed by atoms with van der Waals surface area (Å²) in [6.07, 6.45) is 3.94. The Labute approximate surface area is 75.1 Å². The highest BCUT2D eigenvalue weighted by Crippen LogP contribution is 2.04. The van der Waals surface area contributed by atoms with Gasteiger partial charge in [0.15, 0.2) is 0 Å². The first-order chi connectivity index (χ1) is 6.27. The Kier molecular flexibility index (Phi) is 3.19. The predicted molar refractivity (Wildman–Crippen MR) is 43.9 cm³/mol. The van der Waals surface area contributed by atoms with E-state index in [1.807, 2.05) is 0 Å². The number of hydrogen-bond donors (Lipinski definition) is 1. The van der Waals surface area contributed by atoms with Gasteiger partial charge in [0.25, 0.3) is 0 Å². The molecule has 0 fully saturated rings. The molecule has 5 nitrogen and oxygen atoms in total. The second kappa shape index (κ2) is 4.39. The lowest BCUT2D eigenvalue weighted by atomic mass is 10.1. The molecule has 1 N–H and O–H groups in total. The number of methoxy groups -OCH3 is 1. The second-order valence-electron chi connectivity index (χ2n) is 2.55. The maximum atomic E-state index is 11.0. The van der Waals surface area contributed by atoms with E-state index >= 15 is 0 Å². The van der Waals surface area contributed by atoms with Crippen LogP contribution in [0.3, 0.4) is 0 Å². The van der Waals surface area contributed by atoms with Gasteiger partial charge in [0.05, 0.1) is 13.4 Å². The first-order valence-corrected chi connectivity index (χ1v) is 3.78. The average molecular weight is 182 g/mol. The van der Waals surface area contributed by atoms with Crippen LogP contribution in [0.15, 0.2) is 12.5 Å². The summed E-state index contributed by atoms with van der Waals surface area (Å²) < 4.78 is 4.45. The number of aromatic amines is 1. The lowest BCUT2D eigenvalue weighted by Crippen LogP contribution is -2.20. The summed E-state index contributed by atoms with van der Waals surface area (Å²) in [5, 5.41) is 0. The number of aromatic nitrogens is 2. The van der Waals surface area contributed by atoms with E-state index in [-0.39, 0.29) is 0 Å². The van der Waals surface area contributed by atoms with Crippen LogP contribution in [0.1, 0.15) is 5.69 Å². The first kappa shape index (κ1) is 9.44. The van der Waals surface area contributed by atoms with Crippen LogP contribution in [0, 0.1) is 5.92 Å². The van der Waals surface area contributed by atoms with Crippen molar-refractivity contribution in [3.05, 3.63) is 18.2 Å². The Morgan fingerprint density at radius 1 is 1.85 bits per heavy atom. The SMILES string of the molecule is COC(=O)[C@H](C=O)Cc1cnc[nH]1. The monoisotopic (exact) mass is 182 g/mol. The zero-order valence-electron chi connectivity index (χ0n) is 7.19. The number of esters is 1. The zero-order chi connectivity index (χ0) is 9.68. The summed E-state index contributed by atoms with van der Waals surface area (Å²) in [5.41, 5.74) is 0.738. The fraction of sp³-hybridized carbons (Fsp3) is 0.375. The van der Waals surface area contributed by atoms with E-state index in [9.17, 15) is 9.59 Å². The minimum absolute atomic E-state index is 0.302. The number of nitrogens with one attached hydrogen (secondary N) is 1. The molecule has 0 aliphatic heterocycles. The van der Waals surface area contributed by atoms with E-state index in [0.717, 1.165) is 5.69 Å². The second-order valence-corrected chi connectivity index (χ2v) is 2.55. The number of carbonyl (C=O) groups excluding carboxylic acids is 2. The minimum Gasteiger partial charge on any atom is -0.468 e. The quantitative estimate of drug-likeness (QED) is 0.402. The molecule has 0 saturated carbocycles. The standard InChI is InChI=1S/C8H10N2O3/c1-13-8(12)6(4-11)2-7-3-9-5-10-7/h3-6H,2H2,1H3,(H,9,10)/t6-/m0/s1. The van der Waals surface area contributed by atoms with Gasteiger partial charge in [0.2, 0.25) is 0 Å². The molecule has 1 heterocycles. The molecule has 13 heavy (non-hydrogen) atoms. The van der Waals surface area contributed by atoms with Gasteiger partial charge in [-0.3, -0.25) is 4.79 Å². The summed E-state index contributed by atoms with van der Waals surface area (Å²) in [6.45, 7) is 0. The number of ether oxygens (including phenoxy) is 1. The summed E-state index contributed by atoms with van der Waals surface area (Å²) in [4.78, 5) is 28.1. The molecule has 0 aliphatic carbocycles. The van der Waals surface area contributed by atoms with Gasteiger partial charge in [-0.25, -0.2) is 4.98 Å². The highest BCUT2D eigenvalue weighted by molar-refractivity contribution is 5.87. The van der Waals surface area contributed by atoms with E-state index in [2.05, 4.69) is 14.7 Å². The molecule has 1 aromatic heterocycles. The van der Waals surface area contributed by atoms with Crippen molar-refractivity contribution in [2.24, 2.45) is 5.92 Å². The van der Waals surface area contributed by atoms with Crippen molar-refractivity contribution < 1.29 is 14.3 Å². The molecule has 0 bridgehead atoms. The maximum Gasteiger partial charge on any atom is 0.316 e. The largest absolute Gasteiger partial charge is 0.468 e. The van der Waals surface area contributed by atoms with E-state index < -0.39 is 11.9 Å². The fourth-order valence-corrected chi connectivity index (χ4v) is 0.972. The van der Waals surface area contributed by atoms with E-state index in [1.54, 1.807) is 6.20 Å². The fourth-order valence-electron chi connectivity index (χ4n) is 0.972. The van der Waals surface area contributed by atoms with Crippen molar-refractivity contribution >= 4 is 12.3 Å². The highest BCUT2D eigenvalue weighted by Gasteiger charge is 2.18. The molecule has 1 aromatic rings. The smallest absolute Gasteiger partial charge is 0.316 e. The number of carbonyl (C=O) groups is 2.